The number of pyridine rings is 1. The summed E-state index contributed by atoms with van der Waals surface area (Å²) < 4.78 is 6.76. The number of nitrogens with one attached hydrogen (secondary N) is 1. The van der Waals surface area contributed by atoms with E-state index in [1.54, 1.807) is 37.7 Å². The Morgan fingerprint density at radius 3 is 2.76 bits per heavy atom. The van der Waals surface area contributed by atoms with Crippen molar-refractivity contribution < 1.29 is 4.74 Å². The quantitative estimate of drug-likeness (QED) is 0.613. The monoisotopic (exact) mass is 352 g/mol. The molecule has 4 rings (SSSR count). The van der Waals surface area contributed by atoms with Crippen molar-refractivity contribution in [3.8, 4) is 28.3 Å². The Labute approximate surface area is 147 Å². The van der Waals surface area contributed by atoms with Gasteiger partial charge in [-0.1, -0.05) is 17.7 Å². The number of halogens is 1. The maximum atomic E-state index is 12.5. The number of hydrogen-bond donors (Lipinski definition) is 1. The molecule has 0 saturated carbocycles. The molecule has 0 unspecified atom stereocenters. The fraction of sp³-hybridized carbons (Fsp3) is 0.0556. The molecule has 0 saturated heterocycles. The standard InChI is InChI=1S/C18H13ClN4O2/c1-25-16-8-11(19)5-6-12(16)15-9-17(24)23-18(22-15)13(10-21-23)14-4-2-3-7-20-14/h2-10,21H,1H3. The van der Waals surface area contributed by atoms with E-state index in [4.69, 9.17) is 16.3 Å². The second kappa shape index (κ2) is 6.07. The normalized spacial score (nSPS) is 11.0. The van der Waals surface area contributed by atoms with Crippen LogP contribution in [0.4, 0.5) is 0 Å². The highest BCUT2D eigenvalue weighted by Gasteiger charge is 2.15. The first kappa shape index (κ1) is 15.4. The lowest BCUT2D eigenvalue weighted by Crippen LogP contribution is -2.14. The third-order valence-electron chi connectivity index (χ3n) is 3.88. The van der Waals surface area contributed by atoms with Crippen molar-refractivity contribution in [2.24, 2.45) is 0 Å². The van der Waals surface area contributed by atoms with Crippen molar-refractivity contribution in [1.82, 2.24) is 19.6 Å². The smallest absolute Gasteiger partial charge is 0.273 e. The molecule has 0 atom stereocenters. The van der Waals surface area contributed by atoms with E-state index in [0.29, 0.717) is 27.7 Å². The van der Waals surface area contributed by atoms with Crippen molar-refractivity contribution in [3.05, 3.63) is 70.2 Å². The molecule has 0 bridgehead atoms. The lowest BCUT2D eigenvalue weighted by atomic mass is 10.1. The molecule has 0 fully saturated rings. The van der Waals surface area contributed by atoms with Crippen LogP contribution < -0.4 is 10.3 Å². The zero-order chi connectivity index (χ0) is 17.4. The molecule has 6 nitrogen and oxygen atoms in total. The van der Waals surface area contributed by atoms with E-state index in [1.807, 2.05) is 18.2 Å². The van der Waals surface area contributed by atoms with Crippen molar-refractivity contribution in [1.29, 1.82) is 0 Å². The highest BCUT2D eigenvalue weighted by molar-refractivity contribution is 6.30. The number of methoxy groups -OCH3 is 1. The van der Waals surface area contributed by atoms with Gasteiger partial charge in [0.1, 0.15) is 5.75 Å². The van der Waals surface area contributed by atoms with Gasteiger partial charge in [0.15, 0.2) is 5.65 Å². The first-order chi connectivity index (χ1) is 12.2. The van der Waals surface area contributed by atoms with Gasteiger partial charge in [-0.2, -0.15) is 0 Å². The number of rotatable bonds is 3. The van der Waals surface area contributed by atoms with E-state index in [2.05, 4.69) is 15.1 Å². The number of H-pyrrole nitrogens is 1. The van der Waals surface area contributed by atoms with E-state index in [0.717, 1.165) is 11.3 Å². The zero-order valence-electron chi connectivity index (χ0n) is 13.2. The number of fused-ring (bicyclic) bond motifs is 1. The third kappa shape index (κ3) is 2.66. The van der Waals surface area contributed by atoms with Crippen LogP contribution in [0.3, 0.4) is 0 Å². The lowest BCUT2D eigenvalue weighted by Gasteiger charge is -2.08. The number of benzene rings is 1. The average Bonchev–Trinajstić information content (AvgIpc) is 3.07. The molecular formula is C18H13ClN4O2. The predicted octanol–water partition coefficient (Wildman–Crippen LogP) is 3.41. The predicted molar refractivity (Wildman–Crippen MR) is 96.0 cm³/mol. The summed E-state index contributed by atoms with van der Waals surface area (Å²) in [6.45, 7) is 0. The molecule has 1 aromatic carbocycles. The van der Waals surface area contributed by atoms with Crippen LogP contribution in [0.2, 0.25) is 5.02 Å². The molecule has 4 aromatic rings. The number of hydrogen-bond acceptors (Lipinski definition) is 4. The van der Waals surface area contributed by atoms with E-state index >= 15 is 0 Å². The van der Waals surface area contributed by atoms with E-state index in [-0.39, 0.29) is 5.56 Å². The maximum Gasteiger partial charge on any atom is 0.273 e. The van der Waals surface area contributed by atoms with Gasteiger partial charge in [-0.25, -0.2) is 9.50 Å². The second-order valence-corrected chi connectivity index (χ2v) is 5.82. The first-order valence-corrected chi connectivity index (χ1v) is 7.91. The Bertz CT molecular complexity index is 1120. The van der Waals surface area contributed by atoms with Gasteiger partial charge >= 0.3 is 0 Å². The van der Waals surface area contributed by atoms with Crippen LogP contribution in [0.1, 0.15) is 0 Å². The van der Waals surface area contributed by atoms with Gasteiger partial charge in [-0.15, -0.1) is 0 Å². The summed E-state index contributed by atoms with van der Waals surface area (Å²) in [5, 5.41) is 3.47. The summed E-state index contributed by atoms with van der Waals surface area (Å²) >= 11 is 6.02. The maximum absolute atomic E-state index is 12.5. The molecule has 0 spiro atoms. The second-order valence-electron chi connectivity index (χ2n) is 5.39. The molecule has 0 aliphatic rings. The van der Waals surface area contributed by atoms with Gasteiger partial charge in [0, 0.05) is 29.0 Å². The average molecular weight is 353 g/mol. The van der Waals surface area contributed by atoms with Gasteiger partial charge in [-0.3, -0.25) is 14.9 Å². The molecule has 0 radical (unpaired) electrons. The summed E-state index contributed by atoms with van der Waals surface area (Å²) in [6.07, 6.45) is 3.41. The molecule has 3 aromatic heterocycles. The fourth-order valence-corrected chi connectivity index (χ4v) is 2.87. The molecular weight excluding hydrogens is 340 g/mol. The van der Waals surface area contributed by atoms with Gasteiger partial charge in [0.05, 0.1) is 24.1 Å². The van der Waals surface area contributed by atoms with Crippen molar-refractivity contribution in [2.75, 3.05) is 7.11 Å². The number of ether oxygens (including phenoxy) is 1. The van der Waals surface area contributed by atoms with Crippen molar-refractivity contribution >= 4 is 17.2 Å². The number of aromatic nitrogens is 4. The van der Waals surface area contributed by atoms with Crippen LogP contribution in [0, 0.1) is 0 Å². The Morgan fingerprint density at radius 2 is 2.00 bits per heavy atom. The van der Waals surface area contributed by atoms with Crippen molar-refractivity contribution in [3.63, 3.8) is 0 Å². The fourth-order valence-electron chi connectivity index (χ4n) is 2.71. The molecule has 0 aliphatic heterocycles. The summed E-state index contributed by atoms with van der Waals surface area (Å²) in [7, 11) is 1.55. The van der Waals surface area contributed by atoms with Crippen LogP contribution in [0.25, 0.3) is 28.2 Å². The molecule has 25 heavy (non-hydrogen) atoms. The minimum absolute atomic E-state index is 0.223. The minimum Gasteiger partial charge on any atom is -0.496 e. The molecule has 3 heterocycles. The summed E-state index contributed by atoms with van der Waals surface area (Å²) in [4.78, 5) is 21.5. The van der Waals surface area contributed by atoms with Gasteiger partial charge < -0.3 is 4.74 Å². The van der Waals surface area contributed by atoms with Crippen LogP contribution in [-0.2, 0) is 0 Å². The van der Waals surface area contributed by atoms with Crippen LogP contribution in [0.15, 0.2) is 59.7 Å². The largest absolute Gasteiger partial charge is 0.496 e. The van der Waals surface area contributed by atoms with Gasteiger partial charge in [-0.05, 0) is 30.3 Å². The molecule has 1 N–H and O–H groups in total. The van der Waals surface area contributed by atoms with Crippen LogP contribution in [-0.4, -0.2) is 26.7 Å². The van der Waals surface area contributed by atoms with E-state index in [9.17, 15) is 4.79 Å². The Balaban J connectivity index is 1.97. The van der Waals surface area contributed by atoms with Gasteiger partial charge in [0.25, 0.3) is 5.56 Å². The Morgan fingerprint density at radius 1 is 1.12 bits per heavy atom. The molecule has 0 aliphatic carbocycles. The Hall–Kier alpha value is -3.12. The summed E-state index contributed by atoms with van der Waals surface area (Å²) in [6, 6.07) is 12.3. The van der Waals surface area contributed by atoms with Crippen LogP contribution >= 0.6 is 11.6 Å². The number of nitrogens with zero attached hydrogens (tertiary/aromatic N) is 3. The highest BCUT2D eigenvalue weighted by atomic mass is 35.5. The minimum atomic E-state index is -0.223. The van der Waals surface area contributed by atoms with E-state index in [1.165, 1.54) is 10.6 Å². The topological polar surface area (TPSA) is 72.3 Å². The molecule has 0 amide bonds. The van der Waals surface area contributed by atoms with E-state index < -0.39 is 0 Å². The lowest BCUT2D eigenvalue weighted by molar-refractivity contribution is 0.416. The Kier molecular flexibility index (Phi) is 3.74. The summed E-state index contributed by atoms with van der Waals surface area (Å²) in [5.41, 5.74) is 2.95. The number of aromatic amines is 1. The van der Waals surface area contributed by atoms with Crippen molar-refractivity contribution in [2.45, 2.75) is 0 Å². The zero-order valence-corrected chi connectivity index (χ0v) is 14.0. The van der Waals surface area contributed by atoms with Crippen LogP contribution in [0.5, 0.6) is 5.75 Å². The SMILES string of the molecule is COc1cc(Cl)ccc1-c1cc(=O)n2[nH]cc(-c3ccccn3)c2n1. The van der Waals surface area contributed by atoms with Gasteiger partial charge in [0.2, 0.25) is 0 Å². The molecule has 7 heteroatoms. The highest BCUT2D eigenvalue weighted by Crippen LogP contribution is 2.31. The third-order valence-corrected chi connectivity index (χ3v) is 4.11. The summed E-state index contributed by atoms with van der Waals surface area (Å²) in [5.74, 6) is 0.554. The first-order valence-electron chi connectivity index (χ1n) is 7.54. The molecule has 124 valence electrons.